The van der Waals surface area contributed by atoms with Gasteiger partial charge in [-0.3, -0.25) is 4.90 Å². The molecule has 23 heavy (non-hydrogen) atoms. The predicted octanol–water partition coefficient (Wildman–Crippen LogP) is 2.74. The molecule has 0 unspecified atom stereocenters. The lowest BCUT2D eigenvalue weighted by molar-refractivity contribution is 0.0191. The molecule has 1 aromatic rings. The third-order valence-electron chi connectivity index (χ3n) is 3.42. The highest BCUT2D eigenvalue weighted by molar-refractivity contribution is 5.70. The van der Waals surface area contributed by atoms with Gasteiger partial charge in [-0.05, 0) is 31.9 Å². The van der Waals surface area contributed by atoms with Crippen molar-refractivity contribution in [1.82, 2.24) is 4.90 Å². The summed E-state index contributed by atoms with van der Waals surface area (Å²) < 4.78 is 11.1. The van der Waals surface area contributed by atoms with Crippen molar-refractivity contribution in [3.63, 3.8) is 0 Å². The summed E-state index contributed by atoms with van der Waals surface area (Å²) in [5, 5.41) is 9.47. The lowest BCUT2D eigenvalue weighted by Crippen LogP contribution is -2.42. The average molecular weight is 319 g/mol. The Morgan fingerprint density at radius 1 is 1.26 bits per heavy atom. The fraction of sp³-hybridized carbons (Fsp3) is 0.500. The zero-order chi connectivity index (χ0) is 16.9. The zero-order valence-corrected chi connectivity index (χ0v) is 14.0. The van der Waals surface area contributed by atoms with Gasteiger partial charge in [0.15, 0.2) is 0 Å². The minimum atomic E-state index is -0.552. The van der Waals surface area contributed by atoms with Crippen LogP contribution in [0.25, 0.3) is 0 Å². The number of carbonyl (C=O) groups excluding carboxylic acids is 1. The van der Waals surface area contributed by atoms with Gasteiger partial charge in [-0.1, -0.05) is 36.4 Å². The number of amides is 1. The van der Waals surface area contributed by atoms with Gasteiger partial charge < -0.3 is 14.6 Å². The summed E-state index contributed by atoms with van der Waals surface area (Å²) in [4.78, 5) is 13.7. The second-order valence-electron chi connectivity index (χ2n) is 6.66. The molecule has 2 rings (SSSR count). The van der Waals surface area contributed by atoms with Crippen LogP contribution in [0.4, 0.5) is 4.79 Å². The van der Waals surface area contributed by atoms with E-state index < -0.39 is 11.7 Å². The van der Waals surface area contributed by atoms with E-state index in [9.17, 15) is 9.90 Å². The van der Waals surface area contributed by atoms with Crippen molar-refractivity contribution in [3.8, 4) is 0 Å². The zero-order valence-electron chi connectivity index (χ0n) is 14.0. The minimum Gasteiger partial charge on any atom is -0.444 e. The second kappa shape index (κ2) is 7.62. The number of aliphatic hydroxyl groups excluding tert-OH is 1. The van der Waals surface area contributed by atoms with E-state index in [1.54, 1.807) is 0 Å². The number of rotatable bonds is 5. The van der Waals surface area contributed by atoms with E-state index in [-0.39, 0.29) is 12.6 Å². The maximum absolute atomic E-state index is 12.2. The molecule has 0 fully saturated rings. The van der Waals surface area contributed by atoms with Crippen molar-refractivity contribution in [1.29, 1.82) is 0 Å². The standard InChI is InChI=1S/C18H25NO4/c1-18(2,3)23-17(21)19-10-15(9-16(19)11-20)13-22-12-14-7-5-4-6-8-14/h4-9,16,20H,10-13H2,1-3H3/t16-/m1/s1. The first kappa shape index (κ1) is 17.5. The highest BCUT2D eigenvalue weighted by Gasteiger charge is 2.31. The molecule has 0 saturated heterocycles. The summed E-state index contributed by atoms with van der Waals surface area (Å²) in [5.41, 5.74) is 1.53. The number of hydrogen-bond donors (Lipinski definition) is 1. The van der Waals surface area contributed by atoms with Crippen LogP contribution < -0.4 is 0 Å². The molecule has 0 saturated carbocycles. The Kier molecular flexibility index (Phi) is 5.80. The predicted molar refractivity (Wildman–Crippen MR) is 88.0 cm³/mol. The number of carbonyl (C=O) groups is 1. The molecule has 1 atom stereocenters. The normalized spacial score (nSPS) is 18.0. The molecule has 0 radical (unpaired) electrons. The van der Waals surface area contributed by atoms with Gasteiger partial charge in [-0.2, -0.15) is 0 Å². The molecular weight excluding hydrogens is 294 g/mol. The van der Waals surface area contributed by atoms with E-state index in [4.69, 9.17) is 9.47 Å². The molecule has 5 heteroatoms. The van der Waals surface area contributed by atoms with Crippen LogP contribution in [0, 0.1) is 0 Å². The Morgan fingerprint density at radius 2 is 1.96 bits per heavy atom. The summed E-state index contributed by atoms with van der Waals surface area (Å²) >= 11 is 0. The quantitative estimate of drug-likeness (QED) is 0.848. The Labute approximate surface area is 137 Å². The summed E-state index contributed by atoms with van der Waals surface area (Å²) in [6.45, 7) is 6.74. The Morgan fingerprint density at radius 3 is 2.57 bits per heavy atom. The van der Waals surface area contributed by atoms with Crippen LogP contribution in [-0.2, 0) is 16.1 Å². The van der Waals surface area contributed by atoms with Gasteiger partial charge in [0.1, 0.15) is 5.60 Å². The molecular formula is C18H25NO4. The Balaban J connectivity index is 1.86. The van der Waals surface area contributed by atoms with Crippen molar-refractivity contribution >= 4 is 6.09 Å². The van der Waals surface area contributed by atoms with Crippen LogP contribution in [0.1, 0.15) is 26.3 Å². The first-order valence-corrected chi connectivity index (χ1v) is 7.81. The maximum atomic E-state index is 12.2. The lowest BCUT2D eigenvalue weighted by atomic mass is 10.2. The van der Waals surface area contributed by atoms with Crippen LogP contribution in [0.2, 0.25) is 0 Å². The summed E-state index contributed by atoms with van der Waals surface area (Å²) in [7, 11) is 0. The average Bonchev–Trinajstić information content (AvgIpc) is 2.90. The maximum Gasteiger partial charge on any atom is 0.411 e. The number of ether oxygens (including phenoxy) is 2. The van der Waals surface area contributed by atoms with Crippen molar-refractivity contribution in [2.75, 3.05) is 19.8 Å². The van der Waals surface area contributed by atoms with Crippen LogP contribution in [-0.4, -0.2) is 47.5 Å². The molecule has 0 bridgehead atoms. The highest BCUT2D eigenvalue weighted by atomic mass is 16.6. The van der Waals surface area contributed by atoms with E-state index in [1.807, 2.05) is 57.2 Å². The summed E-state index contributed by atoms with van der Waals surface area (Å²) in [6, 6.07) is 9.58. The fourth-order valence-corrected chi connectivity index (χ4v) is 2.39. The first-order valence-electron chi connectivity index (χ1n) is 7.81. The molecule has 5 nitrogen and oxygen atoms in total. The van der Waals surface area contributed by atoms with E-state index >= 15 is 0 Å². The number of hydrogen-bond acceptors (Lipinski definition) is 4. The summed E-state index contributed by atoms with van der Waals surface area (Å²) in [6.07, 6.45) is 1.47. The molecule has 1 amide bonds. The van der Waals surface area contributed by atoms with Crippen LogP contribution in [0.5, 0.6) is 0 Å². The second-order valence-corrected chi connectivity index (χ2v) is 6.66. The van der Waals surface area contributed by atoms with E-state index in [2.05, 4.69) is 0 Å². The smallest absolute Gasteiger partial charge is 0.411 e. The van der Waals surface area contributed by atoms with Crippen molar-refractivity contribution in [2.45, 2.75) is 39.0 Å². The SMILES string of the molecule is CC(C)(C)OC(=O)N1CC(COCc2ccccc2)=C[C@@H]1CO. The van der Waals surface area contributed by atoms with Crippen LogP contribution >= 0.6 is 0 Å². The molecule has 1 N–H and O–H groups in total. The van der Waals surface area contributed by atoms with E-state index in [0.717, 1.165) is 11.1 Å². The fourth-order valence-electron chi connectivity index (χ4n) is 2.39. The van der Waals surface area contributed by atoms with Crippen molar-refractivity contribution in [3.05, 3.63) is 47.5 Å². The monoisotopic (exact) mass is 319 g/mol. The molecule has 0 aromatic heterocycles. The summed E-state index contributed by atoms with van der Waals surface area (Å²) in [5.74, 6) is 0. The molecule has 1 heterocycles. The van der Waals surface area contributed by atoms with Crippen LogP contribution in [0.15, 0.2) is 42.0 Å². The Hall–Kier alpha value is -1.85. The molecule has 1 aromatic carbocycles. The molecule has 126 valence electrons. The van der Waals surface area contributed by atoms with Crippen LogP contribution in [0.3, 0.4) is 0 Å². The molecule has 0 aliphatic carbocycles. The molecule has 1 aliphatic rings. The third-order valence-corrected chi connectivity index (χ3v) is 3.42. The van der Waals surface area contributed by atoms with E-state index in [0.29, 0.717) is 19.8 Å². The van der Waals surface area contributed by atoms with Gasteiger partial charge in [-0.15, -0.1) is 0 Å². The molecule has 1 aliphatic heterocycles. The van der Waals surface area contributed by atoms with Gasteiger partial charge in [0.25, 0.3) is 0 Å². The number of nitrogens with zero attached hydrogens (tertiary/aromatic N) is 1. The molecule has 0 spiro atoms. The Bertz CT molecular complexity index is 548. The van der Waals surface area contributed by atoms with Gasteiger partial charge in [0.05, 0.1) is 25.9 Å². The van der Waals surface area contributed by atoms with Gasteiger partial charge in [0.2, 0.25) is 0 Å². The van der Waals surface area contributed by atoms with Crippen molar-refractivity contribution in [2.24, 2.45) is 0 Å². The topological polar surface area (TPSA) is 59.0 Å². The van der Waals surface area contributed by atoms with Gasteiger partial charge >= 0.3 is 6.09 Å². The third kappa shape index (κ3) is 5.37. The van der Waals surface area contributed by atoms with E-state index in [1.165, 1.54) is 4.90 Å². The highest BCUT2D eigenvalue weighted by Crippen LogP contribution is 2.20. The number of benzene rings is 1. The van der Waals surface area contributed by atoms with Gasteiger partial charge in [0, 0.05) is 6.54 Å². The lowest BCUT2D eigenvalue weighted by Gasteiger charge is -2.27. The largest absolute Gasteiger partial charge is 0.444 e. The van der Waals surface area contributed by atoms with Gasteiger partial charge in [-0.25, -0.2) is 4.79 Å². The van der Waals surface area contributed by atoms with Crippen molar-refractivity contribution < 1.29 is 19.4 Å². The number of aliphatic hydroxyl groups is 1. The first-order chi connectivity index (χ1) is 10.9. The minimum absolute atomic E-state index is 0.124.